The Morgan fingerprint density at radius 2 is 1.55 bits per heavy atom. The third kappa shape index (κ3) is 2.58. The van der Waals surface area contributed by atoms with Crippen molar-refractivity contribution >= 4 is 32.7 Å². The minimum absolute atomic E-state index is 0.359. The molecule has 0 aliphatic carbocycles. The zero-order valence-electron chi connectivity index (χ0n) is 10.5. The fourth-order valence-electron chi connectivity index (χ4n) is 2.00. The lowest BCUT2D eigenvalue weighted by Gasteiger charge is -2.07. The van der Waals surface area contributed by atoms with Gasteiger partial charge in [-0.05, 0) is 51.0 Å². The van der Waals surface area contributed by atoms with Gasteiger partial charge in [-0.1, -0.05) is 42.5 Å². The average Bonchev–Trinajstić information content (AvgIpc) is 2.49. The molecule has 0 atom stereocenters. The van der Waals surface area contributed by atoms with Gasteiger partial charge in [-0.2, -0.15) is 0 Å². The van der Waals surface area contributed by atoms with Crippen molar-refractivity contribution in [3.8, 4) is 5.75 Å². The fraction of sp³-hybridized carbons (Fsp3) is 0. The Balaban J connectivity index is 1.91. The van der Waals surface area contributed by atoms with Gasteiger partial charge in [0.05, 0.1) is 10.0 Å². The van der Waals surface area contributed by atoms with Crippen LogP contribution in [0.4, 0.5) is 0 Å². The summed E-state index contributed by atoms with van der Waals surface area (Å²) in [6, 6.07) is 20.7. The van der Waals surface area contributed by atoms with E-state index in [0.29, 0.717) is 11.3 Å². The van der Waals surface area contributed by atoms with Crippen molar-refractivity contribution in [1.82, 2.24) is 0 Å². The van der Waals surface area contributed by atoms with Gasteiger partial charge in [0.25, 0.3) is 0 Å². The zero-order chi connectivity index (χ0) is 13.9. The third-order valence-corrected chi connectivity index (χ3v) is 3.68. The molecule has 3 aromatic rings. The topological polar surface area (TPSA) is 26.3 Å². The second-order valence-corrected chi connectivity index (χ2v) is 5.24. The molecule has 20 heavy (non-hydrogen) atoms. The molecular formula is C17H11BrO2. The highest BCUT2D eigenvalue weighted by Gasteiger charge is 2.10. The van der Waals surface area contributed by atoms with Gasteiger partial charge in [0.1, 0.15) is 5.75 Å². The molecule has 0 N–H and O–H groups in total. The molecule has 0 unspecified atom stereocenters. The minimum atomic E-state index is -0.359. The molecule has 3 aromatic carbocycles. The summed E-state index contributed by atoms with van der Waals surface area (Å²) < 4.78 is 6.15. The quantitative estimate of drug-likeness (QED) is 0.498. The zero-order valence-corrected chi connectivity index (χ0v) is 12.1. The molecule has 0 spiro atoms. The number of fused-ring (bicyclic) bond motifs is 1. The average molecular weight is 327 g/mol. The van der Waals surface area contributed by atoms with Crippen LogP contribution in [-0.4, -0.2) is 5.97 Å². The summed E-state index contributed by atoms with van der Waals surface area (Å²) in [5.74, 6) is 0.160. The molecule has 0 saturated carbocycles. The Labute approximate surface area is 125 Å². The molecule has 0 aromatic heterocycles. The van der Waals surface area contributed by atoms with E-state index in [1.54, 1.807) is 12.1 Å². The van der Waals surface area contributed by atoms with E-state index in [-0.39, 0.29) is 5.97 Å². The molecule has 0 heterocycles. The summed E-state index contributed by atoms with van der Waals surface area (Å²) in [6.45, 7) is 0. The molecule has 0 amide bonds. The predicted molar refractivity (Wildman–Crippen MR) is 83.0 cm³/mol. The number of para-hydroxylation sites is 1. The van der Waals surface area contributed by atoms with E-state index in [1.807, 2.05) is 54.6 Å². The first-order chi connectivity index (χ1) is 9.74. The molecule has 3 heteroatoms. The summed E-state index contributed by atoms with van der Waals surface area (Å²) >= 11 is 3.36. The van der Waals surface area contributed by atoms with Crippen LogP contribution in [0.15, 0.2) is 71.2 Å². The maximum atomic E-state index is 12.2. The van der Waals surface area contributed by atoms with Crippen LogP contribution in [0, 0.1) is 0 Å². The molecule has 0 aliphatic rings. The van der Waals surface area contributed by atoms with Crippen LogP contribution in [0.5, 0.6) is 5.75 Å². The first-order valence-corrected chi connectivity index (χ1v) is 6.99. The lowest BCUT2D eigenvalue weighted by Crippen LogP contribution is -2.08. The van der Waals surface area contributed by atoms with Crippen molar-refractivity contribution in [2.75, 3.05) is 0 Å². The summed E-state index contributed by atoms with van der Waals surface area (Å²) in [6.07, 6.45) is 0. The smallest absolute Gasteiger partial charge is 0.343 e. The molecule has 0 aliphatic heterocycles. The van der Waals surface area contributed by atoms with E-state index in [2.05, 4.69) is 15.9 Å². The molecule has 0 saturated heterocycles. The van der Waals surface area contributed by atoms with Crippen molar-refractivity contribution < 1.29 is 9.53 Å². The van der Waals surface area contributed by atoms with Gasteiger partial charge >= 0.3 is 5.97 Å². The number of carbonyl (C=O) groups excluding carboxylic acids is 1. The minimum Gasteiger partial charge on any atom is -0.422 e. The lowest BCUT2D eigenvalue weighted by atomic mass is 10.1. The van der Waals surface area contributed by atoms with Gasteiger partial charge in [-0.15, -0.1) is 0 Å². The molecule has 0 bridgehead atoms. The molecule has 3 rings (SSSR count). The highest BCUT2D eigenvalue weighted by atomic mass is 79.9. The molecule has 98 valence electrons. The van der Waals surface area contributed by atoms with Crippen LogP contribution in [-0.2, 0) is 0 Å². The monoisotopic (exact) mass is 326 g/mol. The Morgan fingerprint density at radius 3 is 2.35 bits per heavy atom. The van der Waals surface area contributed by atoms with Crippen LogP contribution in [0.2, 0.25) is 0 Å². The number of rotatable bonds is 2. The normalized spacial score (nSPS) is 10.4. The standard InChI is InChI=1S/C17H11BrO2/c18-15-7-3-4-8-16(15)20-17(19)14-10-9-12-5-1-2-6-13(12)11-14/h1-11H. The van der Waals surface area contributed by atoms with Gasteiger partial charge in [-0.3, -0.25) is 0 Å². The lowest BCUT2D eigenvalue weighted by molar-refractivity contribution is 0.0733. The summed E-state index contributed by atoms with van der Waals surface area (Å²) in [4.78, 5) is 12.2. The van der Waals surface area contributed by atoms with Gasteiger partial charge in [0.2, 0.25) is 0 Å². The van der Waals surface area contributed by atoms with E-state index < -0.39 is 0 Å². The maximum absolute atomic E-state index is 12.2. The predicted octanol–water partition coefficient (Wildman–Crippen LogP) is 4.82. The number of benzene rings is 3. The number of hydrogen-bond acceptors (Lipinski definition) is 2. The van der Waals surface area contributed by atoms with Crippen LogP contribution in [0.25, 0.3) is 10.8 Å². The van der Waals surface area contributed by atoms with Crippen molar-refractivity contribution in [3.05, 3.63) is 76.8 Å². The molecule has 0 fully saturated rings. The van der Waals surface area contributed by atoms with Gasteiger partial charge < -0.3 is 4.74 Å². The van der Waals surface area contributed by atoms with Crippen LogP contribution in [0.1, 0.15) is 10.4 Å². The van der Waals surface area contributed by atoms with E-state index in [0.717, 1.165) is 15.2 Å². The Morgan fingerprint density at radius 1 is 0.850 bits per heavy atom. The third-order valence-electron chi connectivity index (χ3n) is 3.02. The Hall–Kier alpha value is -2.13. The number of ether oxygens (including phenoxy) is 1. The molecule has 0 radical (unpaired) electrons. The SMILES string of the molecule is O=C(Oc1ccccc1Br)c1ccc2ccccc2c1. The van der Waals surface area contributed by atoms with E-state index >= 15 is 0 Å². The number of hydrogen-bond donors (Lipinski definition) is 0. The summed E-state index contributed by atoms with van der Waals surface area (Å²) in [7, 11) is 0. The summed E-state index contributed by atoms with van der Waals surface area (Å²) in [5, 5.41) is 2.12. The van der Waals surface area contributed by atoms with E-state index in [4.69, 9.17) is 4.74 Å². The van der Waals surface area contributed by atoms with Crippen molar-refractivity contribution in [3.63, 3.8) is 0 Å². The van der Waals surface area contributed by atoms with Crippen LogP contribution < -0.4 is 4.74 Å². The Bertz CT molecular complexity index is 781. The van der Waals surface area contributed by atoms with Crippen molar-refractivity contribution in [2.45, 2.75) is 0 Å². The van der Waals surface area contributed by atoms with Crippen molar-refractivity contribution in [2.24, 2.45) is 0 Å². The van der Waals surface area contributed by atoms with Crippen molar-refractivity contribution in [1.29, 1.82) is 0 Å². The van der Waals surface area contributed by atoms with E-state index in [1.165, 1.54) is 0 Å². The van der Waals surface area contributed by atoms with Gasteiger partial charge in [0.15, 0.2) is 0 Å². The van der Waals surface area contributed by atoms with Crippen LogP contribution in [0.3, 0.4) is 0 Å². The maximum Gasteiger partial charge on any atom is 0.343 e. The fourth-order valence-corrected chi connectivity index (χ4v) is 2.37. The number of halogens is 1. The Kier molecular flexibility index (Phi) is 3.52. The van der Waals surface area contributed by atoms with Crippen LogP contribution >= 0.6 is 15.9 Å². The highest BCUT2D eigenvalue weighted by Crippen LogP contribution is 2.25. The second kappa shape index (κ2) is 5.47. The largest absolute Gasteiger partial charge is 0.422 e. The first-order valence-electron chi connectivity index (χ1n) is 6.19. The molecular weight excluding hydrogens is 316 g/mol. The highest BCUT2D eigenvalue weighted by molar-refractivity contribution is 9.10. The molecule has 2 nitrogen and oxygen atoms in total. The first kappa shape index (κ1) is 12.9. The van der Waals surface area contributed by atoms with Gasteiger partial charge in [-0.25, -0.2) is 4.79 Å². The van der Waals surface area contributed by atoms with E-state index in [9.17, 15) is 4.79 Å². The number of esters is 1. The van der Waals surface area contributed by atoms with Gasteiger partial charge in [0, 0.05) is 0 Å². The number of carbonyl (C=O) groups is 1. The second-order valence-electron chi connectivity index (χ2n) is 4.38. The summed E-state index contributed by atoms with van der Waals surface area (Å²) in [5.41, 5.74) is 0.541.